The number of amides is 2. The third-order valence-electron chi connectivity index (χ3n) is 6.35. The van der Waals surface area contributed by atoms with Gasteiger partial charge < -0.3 is 50.1 Å². The van der Waals surface area contributed by atoms with Gasteiger partial charge in [0, 0.05) is 33.0 Å². The maximum Gasteiger partial charge on any atom is 0.328 e. The van der Waals surface area contributed by atoms with Gasteiger partial charge in [-0.25, -0.2) is 4.79 Å². The predicted octanol–water partition coefficient (Wildman–Crippen LogP) is -0.188. The van der Waals surface area contributed by atoms with Crippen LogP contribution >= 0.6 is 0 Å². The highest BCUT2D eigenvalue weighted by atomic mass is 16.5. The van der Waals surface area contributed by atoms with Crippen LogP contribution in [0.15, 0.2) is 29.1 Å². The summed E-state index contributed by atoms with van der Waals surface area (Å²) in [6, 6.07) is 7.41. The van der Waals surface area contributed by atoms with Crippen LogP contribution in [-0.4, -0.2) is 109 Å². The van der Waals surface area contributed by atoms with Gasteiger partial charge in [0.2, 0.25) is 11.8 Å². The highest BCUT2D eigenvalue weighted by Crippen LogP contribution is 2.18. The van der Waals surface area contributed by atoms with E-state index in [9.17, 15) is 19.2 Å². The highest BCUT2D eigenvalue weighted by molar-refractivity contribution is 5.83. The lowest BCUT2D eigenvalue weighted by molar-refractivity contribution is -0.138. The lowest BCUT2D eigenvalue weighted by atomic mass is 10.1. The molecule has 0 aliphatic carbocycles. The molecule has 0 saturated carbocycles. The lowest BCUT2D eigenvalue weighted by Crippen LogP contribution is -2.30. The number of H-pyrrole nitrogens is 1. The van der Waals surface area contributed by atoms with Crippen molar-refractivity contribution in [3.8, 4) is 6.01 Å². The second-order valence-electron chi connectivity index (χ2n) is 9.87. The number of fused-ring (bicyclic) bond motifs is 1. The molecule has 1 aromatic carbocycles. The number of aliphatic carboxylic acids is 1. The van der Waals surface area contributed by atoms with Crippen molar-refractivity contribution in [3.05, 3.63) is 45.9 Å². The number of carbonyl (C=O) groups excluding carboxylic acids is 2. The van der Waals surface area contributed by atoms with Gasteiger partial charge in [-0.05, 0) is 11.1 Å². The molecule has 0 bridgehead atoms. The summed E-state index contributed by atoms with van der Waals surface area (Å²) < 4.78 is 27.6. The number of nitrogens with one attached hydrogen (secondary N) is 3. The number of methoxy groups -OCH3 is 1. The fraction of sp³-hybridized carbons (Fsp3) is 0.517. The number of carbonyl (C=O) groups is 3. The largest absolute Gasteiger partial charge is 0.481 e. The fourth-order valence-electron chi connectivity index (χ4n) is 3.97. The van der Waals surface area contributed by atoms with Crippen molar-refractivity contribution in [2.45, 2.75) is 32.4 Å². The number of ether oxygens (including phenoxy) is 5. The molecule has 2 aromatic heterocycles. The summed E-state index contributed by atoms with van der Waals surface area (Å²) in [7, 11) is 1.55. The van der Waals surface area contributed by atoms with Gasteiger partial charge in [0.25, 0.3) is 0 Å². The van der Waals surface area contributed by atoms with E-state index >= 15 is 0 Å². The third kappa shape index (κ3) is 12.8. The molecule has 3 rings (SSSR count). The zero-order valence-electron chi connectivity index (χ0n) is 25.7. The van der Waals surface area contributed by atoms with Crippen LogP contribution in [0.2, 0.25) is 0 Å². The van der Waals surface area contributed by atoms with E-state index < -0.39 is 11.7 Å². The molecule has 0 radical (unpaired) electrons. The Morgan fingerprint density at radius 3 is 2.15 bits per heavy atom. The zero-order valence-corrected chi connectivity index (χ0v) is 25.7. The number of carboxylic acids is 1. The molecule has 2 amide bonds. The van der Waals surface area contributed by atoms with E-state index in [1.807, 2.05) is 24.3 Å². The molecule has 3 aromatic rings. The van der Waals surface area contributed by atoms with Gasteiger partial charge in [-0.1, -0.05) is 24.3 Å². The number of nitrogen functional groups attached to an aromatic ring is 1. The first-order valence-electron chi connectivity index (χ1n) is 14.7. The van der Waals surface area contributed by atoms with Gasteiger partial charge in [-0.3, -0.25) is 19.0 Å². The van der Waals surface area contributed by atoms with Crippen molar-refractivity contribution in [2.75, 3.05) is 72.2 Å². The summed E-state index contributed by atoms with van der Waals surface area (Å²) in [5.41, 5.74) is 7.91. The maximum absolute atomic E-state index is 12.6. The number of nitrogens with two attached hydrogens (primary N) is 1. The van der Waals surface area contributed by atoms with E-state index in [0.29, 0.717) is 57.3 Å². The molecule has 17 heteroatoms. The molecule has 0 fully saturated rings. The molecule has 6 N–H and O–H groups in total. The van der Waals surface area contributed by atoms with Crippen LogP contribution in [-0.2, 0) is 46.4 Å². The molecule has 17 nitrogen and oxygen atoms in total. The molecule has 0 aliphatic heterocycles. The topological polar surface area (TPSA) is 231 Å². The van der Waals surface area contributed by atoms with Gasteiger partial charge in [0.15, 0.2) is 11.5 Å². The number of aromatic nitrogens is 4. The summed E-state index contributed by atoms with van der Waals surface area (Å²) in [6.45, 7) is 3.16. The minimum atomic E-state index is -0.909. The zero-order chi connectivity index (χ0) is 33.1. The average Bonchev–Trinajstić information content (AvgIpc) is 3.35. The Labute approximate surface area is 264 Å². The first-order chi connectivity index (χ1) is 22.3. The van der Waals surface area contributed by atoms with Crippen LogP contribution in [0.5, 0.6) is 6.01 Å². The van der Waals surface area contributed by atoms with Crippen LogP contribution in [0.4, 0.5) is 5.82 Å². The van der Waals surface area contributed by atoms with E-state index in [1.54, 1.807) is 7.11 Å². The number of imidazole rings is 1. The first-order valence-corrected chi connectivity index (χ1v) is 14.7. The monoisotopic (exact) mass is 647 g/mol. The number of anilines is 1. The van der Waals surface area contributed by atoms with E-state index in [-0.39, 0.29) is 69.2 Å². The lowest BCUT2D eigenvalue weighted by Gasteiger charge is -2.09. The Hall–Kier alpha value is -4.58. The molecular weight excluding hydrogens is 606 g/mol. The molecule has 0 unspecified atom stereocenters. The number of aromatic amines is 1. The number of benzene rings is 1. The summed E-state index contributed by atoms with van der Waals surface area (Å²) in [6.07, 6.45) is 0.0403. The summed E-state index contributed by atoms with van der Waals surface area (Å²) in [5, 5.41) is 14.0. The predicted molar refractivity (Wildman–Crippen MR) is 164 cm³/mol. The minimum Gasteiger partial charge on any atom is -0.481 e. The van der Waals surface area contributed by atoms with Crippen LogP contribution in [0, 0.1) is 0 Å². The second kappa shape index (κ2) is 19.7. The highest BCUT2D eigenvalue weighted by Gasteiger charge is 2.15. The summed E-state index contributed by atoms with van der Waals surface area (Å²) in [4.78, 5) is 58.3. The van der Waals surface area contributed by atoms with Gasteiger partial charge in [-0.15, -0.1) is 0 Å². The SMILES string of the molecule is COCCOc1nc(N)c2[nH]c(=O)n(Cc3ccc(CNC(=O)CCC(=O)NCCOCCOCCOCCC(=O)O)cc3)c2n1. The molecular formula is C29H41N7O10. The number of nitrogens with zero attached hydrogens (tertiary/aromatic N) is 3. The van der Waals surface area contributed by atoms with Gasteiger partial charge in [-0.2, -0.15) is 9.97 Å². The normalized spacial score (nSPS) is 11.1. The Kier molecular flexibility index (Phi) is 15.4. The van der Waals surface area contributed by atoms with E-state index in [0.717, 1.165) is 11.1 Å². The van der Waals surface area contributed by atoms with Crippen LogP contribution in [0.3, 0.4) is 0 Å². The Bertz CT molecular complexity index is 1460. The standard InChI is InChI=1S/C29H41N7O10/c1-42-12-17-46-28-34-26(30)25-27(35-28)36(29(41)33-25)19-21-4-2-20(3-5-21)18-32-23(38)7-6-22(37)31-9-11-44-14-16-45-15-13-43-10-8-24(39)40/h2-5H,6-19H2,1H3,(H,31,37)(H,32,38)(H,33,41)(H,39,40)(H2,30,34,35). The quantitative estimate of drug-likeness (QED) is 0.0842. The Morgan fingerprint density at radius 2 is 1.48 bits per heavy atom. The molecule has 0 aliphatic rings. The average molecular weight is 648 g/mol. The second-order valence-corrected chi connectivity index (χ2v) is 9.87. The maximum atomic E-state index is 12.6. The van der Waals surface area contributed by atoms with Crippen LogP contribution < -0.4 is 26.8 Å². The van der Waals surface area contributed by atoms with Crippen molar-refractivity contribution in [1.82, 2.24) is 30.2 Å². The van der Waals surface area contributed by atoms with Crippen molar-refractivity contribution in [3.63, 3.8) is 0 Å². The smallest absolute Gasteiger partial charge is 0.328 e. The number of carboxylic acid groups (broad SMARTS) is 1. The number of rotatable bonds is 23. The van der Waals surface area contributed by atoms with Crippen molar-refractivity contribution in [2.24, 2.45) is 0 Å². The Morgan fingerprint density at radius 1 is 0.848 bits per heavy atom. The molecule has 0 spiro atoms. The molecule has 0 atom stereocenters. The molecule has 46 heavy (non-hydrogen) atoms. The van der Waals surface area contributed by atoms with E-state index in [1.165, 1.54) is 4.57 Å². The number of hydrogen-bond donors (Lipinski definition) is 5. The van der Waals surface area contributed by atoms with Crippen molar-refractivity contribution in [1.29, 1.82) is 0 Å². The van der Waals surface area contributed by atoms with E-state index in [2.05, 4.69) is 25.6 Å². The summed E-state index contributed by atoms with van der Waals surface area (Å²) >= 11 is 0. The van der Waals surface area contributed by atoms with Gasteiger partial charge >= 0.3 is 17.7 Å². The third-order valence-corrected chi connectivity index (χ3v) is 6.35. The minimum absolute atomic E-state index is 0.0405. The van der Waals surface area contributed by atoms with Gasteiger partial charge in [0.05, 0.1) is 59.2 Å². The van der Waals surface area contributed by atoms with E-state index in [4.69, 9.17) is 34.5 Å². The molecule has 2 heterocycles. The van der Waals surface area contributed by atoms with Crippen LogP contribution in [0.25, 0.3) is 11.2 Å². The van der Waals surface area contributed by atoms with Crippen molar-refractivity contribution >= 4 is 34.8 Å². The fourth-order valence-corrected chi connectivity index (χ4v) is 3.97. The molecule has 0 saturated heterocycles. The van der Waals surface area contributed by atoms with Gasteiger partial charge in [0.1, 0.15) is 12.1 Å². The Balaban J connectivity index is 1.30. The summed E-state index contributed by atoms with van der Waals surface area (Å²) in [5.74, 6) is -1.33. The van der Waals surface area contributed by atoms with Crippen LogP contribution in [0.1, 0.15) is 30.4 Å². The van der Waals surface area contributed by atoms with Crippen molar-refractivity contribution < 1.29 is 43.2 Å². The number of hydrogen-bond acceptors (Lipinski definition) is 12. The first kappa shape index (κ1) is 35.9. The molecule has 252 valence electrons.